The molecule has 0 amide bonds. The molecule has 0 spiro atoms. The van der Waals surface area contributed by atoms with Crippen molar-refractivity contribution in [2.24, 2.45) is 23.2 Å². The first-order valence-electron chi connectivity index (χ1n) is 21.5. The lowest BCUT2D eigenvalue weighted by Gasteiger charge is -2.36. The molecule has 2 atom stereocenters. The molecule has 0 bridgehead atoms. The topological polar surface area (TPSA) is 0 Å². The third-order valence-electron chi connectivity index (χ3n) is 13.0. The van der Waals surface area contributed by atoms with E-state index in [0.717, 1.165) is 56.3 Å². The smallest absolute Gasteiger partial charge is 0.0121 e. The molecule has 1 aromatic rings. The van der Waals surface area contributed by atoms with Gasteiger partial charge in [-0.3, -0.25) is 0 Å². The number of unbranched alkanes of at least 4 members (excludes halogenated alkanes) is 2. The van der Waals surface area contributed by atoms with Crippen molar-refractivity contribution in [3.8, 4) is 0 Å². The fourth-order valence-corrected chi connectivity index (χ4v) is 8.91. The van der Waals surface area contributed by atoms with Gasteiger partial charge in [-0.1, -0.05) is 182 Å². The van der Waals surface area contributed by atoms with Crippen LogP contribution in [0.5, 0.6) is 0 Å². The highest BCUT2D eigenvalue weighted by Gasteiger charge is 2.30. The second-order valence-corrected chi connectivity index (χ2v) is 18.0. The van der Waals surface area contributed by atoms with E-state index >= 15 is 0 Å². The van der Waals surface area contributed by atoms with Gasteiger partial charge in [0.2, 0.25) is 0 Å². The van der Waals surface area contributed by atoms with Crippen LogP contribution in [-0.4, -0.2) is 0 Å². The number of rotatable bonds is 16. The summed E-state index contributed by atoms with van der Waals surface area (Å²) in [7, 11) is 0. The number of benzene rings is 1. The lowest BCUT2D eigenvalue weighted by atomic mass is 9.69. The quantitative estimate of drug-likeness (QED) is 0.119. The standard InChI is InChI=1S/C52H76/c1-11-14-15-17-42-21-23-43(24-22-42)25-28-48(46-31-29-45(30-32-46)44(16-12-2)26-18-38(4)13-3)34-41(7)47-27-19-39(5)49(35-47)36-50-37-51(52(8,9)10)33-20-40(50)6/h13,16,18,26,29-32,35-36,42-43,48,51H,6-7,11-12,14-15,17,19-25,27-28,33-34,37H2,1-5,8-10H3/b26-18-,38-13?,44-16+,50-36-/t42?,43?,48-,51-/m0/s1. The van der Waals surface area contributed by atoms with E-state index in [9.17, 15) is 0 Å². The van der Waals surface area contributed by atoms with E-state index in [1.165, 1.54) is 126 Å². The maximum Gasteiger partial charge on any atom is -0.0121 e. The van der Waals surface area contributed by atoms with Gasteiger partial charge in [0.25, 0.3) is 0 Å². The van der Waals surface area contributed by atoms with E-state index in [2.05, 4.69) is 123 Å². The van der Waals surface area contributed by atoms with E-state index in [0.29, 0.717) is 11.3 Å². The lowest BCUT2D eigenvalue weighted by Crippen LogP contribution is -2.24. The minimum absolute atomic E-state index is 0.336. The monoisotopic (exact) mass is 701 g/mol. The van der Waals surface area contributed by atoms with Gasteiger partial charge in [-0.2, -0.15) is 0 Å². The molecule has 0 heterocycles. The normalized spacial score (nSPS) is 23.8. The van der Waals surface area contributed by atoms with E-state index in [1.54, 1.807) is 0 Å². The summed E-state index contributed by atoms with van der Waals surface area (Å²) >= 11 is 0. The molecule has 2 saturated carbocycles. The highest BCUT2D eigenvalue weighted by Crippen LogP contribution is 2.44. The van der Waals surface area contributed by atoms with Gasteiger partial charge >= 0.3 is 0 Å². The Morgan fingerprint density at radius 1 is 0.904 bits per heavy atom. The summed E-state index contributed by atoms with van der Waals surface area (Å²) in [6.07, 6.45) is 36.0. The number of hydrogen-bond acceptors (Lipinski definition) is 0. The van der Waals surface area contributed by atoms with Crippen molar-refractivity contribution in [2.75, 3.05) is 0 Å². The van der Waals surface area contributed by atoms with Crippen LogP contribution < -0.4 is 0 Å². The van der Waals surface area contributed by atoms with Crippen LogP contribution in [0.1, 0.15) is 182 Å². The Balaban J connectivity index is 1.53. The molecule has 0 N–H and O–H groups in total. The lowest BCUT2D eigenvalue weighted by molar-refractivity contribution is 0.215. The van der Waals surface area contributed by atoms with Gasteiger partial charge in [-0.25, -0.2) is 0 Å². The molecule has 4 rings (SSSR count). The van der Waals surface area contributed by atoms with Crippen molar-refractivity contribution in [1.82, 2.24) is 0 Å². The summed E-state index contributed by atoms with van der Waals surface area (Å²) in [5, 5.41) is 0. The Morgan fingerprint density at radius 3 is 2.23 bits per heavy atom. The van der Waals surface area contributed by atoms with E-state index < -0.39 is 0 Å². The van der Waals surface area contributed by atoms with Crippen molar-refractivity contribution in [2.45, 2.75) is 170 Å². The maximum atomic E-state index is 4.82. The van der Waals surface area contributed by atoms with Crippen LogP contribution in [0.3, 0.4) is 0 Å². The molecule has 0 heteroatoms. The molecule has 1 aromatic carbocycles. The van der Waals surface area contributed by atoms with Crippen molar-refractivity contribution >= 4 is 5.57 Å². The zero-order valence-electron chi connectivity index (χ0n) is 35.0. The first kappa shape index (κ1) is 41.9. The third-order valence-corrected chi connectivity index (χ3v) is 13.0. The molecule has 52 heavy (non-hydrogen) atoms. The summed E-state index contributed by atoms with van der Waals surface area (Å²) in [5.41, 5.74) is 14.3. The van der Waals surface area contributed by atoms with Crippen LogP contribution in [0.4, 0.5) is 0 Å². The fraction of sp³-hybridized carbons (Fsp3) is 0.577. The summed E-state index contributed by atoms with van der Waals surface area (Å²) in [6.45, 7) is 27.7. The molecule has 0 nitrogen and oxygen atoms in total. The number of allylic oxidation sites excluding steroid dienone is 14. The molecule has 284 valence electrons. The Bertz CT molecular complexity index is 1510. The van der Waals surface area contributed by atoms with Gasteiger partial charge in [-0.05, 0) is 141 Å². The third kappa shape index (κ3) is 12.6. The van der Waals surface area contributed by atoms with Gasteiger partial charge in [0.05, 0.1) is 0 Å². The SMILES string of the molecule is C=C(C[C@H](CCC1CCC(CCCCC)CC1)c1ccc(C(/C=C\C(C)=CC)=C/CC)cc1)C1=CC(/C=C2/C[C@@H](C(C)(C)C)CCC2=C)=C(C)CC1. The number of hydrogen-bond donors (Lipinski definition) is 0. The zero-order chi connectivity index (χ0) is 37.7. The molecular formula is C52H76. The Kier molecular flexibility index (Phi) is 16.6. The summed E-state index contributed by atoms with van der Waals surface area (Å²) in [4.78, 5) is 0. The van der Waals surface area contributed by atoms with Crippen LogP contribution >= 0.6 is 0 Å². The van der Waals surface area contributed by atoms with Crippen molar-refractivity contribution in [3.63, 3.8) is 0 Å². The zero-order valence-corrected chi connectivity index (χ0v) is 35.0. The highest BCUT2D eigenvalue weighted by atomic mass is 14.3. The summed E-state index contributed by atoms with van der Waals surface area (Å²) in [5.74, 6) is 3.08. The largest absolute Gasteiger partial charge is 0.0956 e. The Hall–Kier alpha value is -2.86. The van der Waals surface area contributed by atoms with Crippen molar-refractivity contribution < 1.29 is 0 Å². The van der Waals surface area contributed by atoms with Gasteiger partial charge in [0.1, 0.15) is 0 Å². The Labute approximate surface area is 322 Å². The fourth-order valence-electron chi connectivity index (χ4n) is 8.91. The van der Waals surface area contributed by atoms with Crippen molar-refractivity contribution in [3.05, 3.63) is 124 Å². The predicted octanol–water partition coefficient (Wildman–Crippen LogP) is 16.6. The summed E-state index contributed by atoms with van der Waals surface area (Å²) < 4.78 is 0. The summed E-state index contributed by atoms with van der Waals surface area (Å²) in [6, 6.07) is 9.63. The molecule has 0 aromatic heterocycles. The molecular weight excluding hydrogens is 625 g/mol. The molecule has 2 fully saturated rings. The minimum Gasteiger partial charge on any atom is -0.0956 e. The predicted molar refractivity (Wildman–Crippen MR) is 233 cm³/mol. The molecule has 0 saturated heterocycles. The van der Waals surface area contributed by atoms with Gasteiger partial charge in [0, 0.05) is 0 Å². The van der Waals surface area contributed by atoms with Crippen LogP contribution in [0.15, 0.2) is 113 Å². The van der Waals surface area contributed by atoms with Gasteiger partial charge < -0.3 is 0 Å². The van der Waals surface area contributed by atoms with Gasteiger partial charge in [0.15, 0.2) is 0 Å². The highest BCUT2D eigenvalue weighted by molar-refractivity contribution is 5.74. The molecule has 3 aliphatic carbocycles. The second kappa shape index (κ2) is 20.6. The van der Waals surface area contributed by atoms with Crippen LogP contribution in [0, 0.1) is 23.2 Å². The van der Waals surface area contributed by atoms with E-state index in [-0.39, 0.29) is 0 Å². The molecule has 0 aliphatic heterocycles. The molecule has 0 unspecified atom stereocenters. The average molecular weight is 701 g/mol. The first-order chi connectivity index (χ1) is 24.9. The van der Waals surface area contributed by atoms with E-state index in [4.69, 9.17) is 6.58 Å². The van der Waals surface area contributed by atoms with Crippen LogP contribution in [0.2, 0.25) is 0 Å². The minimum atomic E-state index is 0.336. The Morgan fingerprint density at radius 2 is 1.60 bits per heavy atom. The first-order valence-corrected chi connectivity index (χ1v) is 21.5. The van der Waals surface area contributed by atoms with E-state index in [1.807, 2.05) is 0 Å². The average Bonchev–Trinajstić information content (AvgIpc) is 3.13. The van der Waals surface area contributed by atoms with Crippen molar-refractivity contribution in [1.29, 1.82) is 0 Å². The van der Waals surface area contributed by atoms with Gasteiger partial charge in [-0.15, -0.1) is 0 Å². The maximum absolute atomic E-state index is 4.82. The second-order valence-electron chi connectivity index (χ2n) is 18.0. The van der Waals surface area contributed by atoms with Crippen LogP contribution in [-0.2, 0) is 0 Å². The molecule has 0 radical (unpaired) electrons. The molecule has 3 aliphatic rings. The van der Waals surface area contributed by atoms with Crippen LogP contribution in [0.25, 0.3) is 5.57 Å².